The van der Waals surface area contributed by atoms with Gasteiger partial charge < -0.3 is 14.5 Å². The molecule has 2 aromatic heterocycles. The summed E-state index contributed by atoms with van der Waals surface area (Å²) in [6.07, 6.45) is -2.58. The standard InChI is InChI=1S/C15H18F3N5O3/c1-9-20-13(21-26-9)23-11(3-6-19-23)10-4-7-22(8-5-10)12(24)14(2,25)15(16,17)18/h3,6,10,25H,4-5,7-8H2,1-2H3. The lowest BCUT2D eigenvalue weighted by Crippen LogP contribution is -2.57. The number of hydrogen-bond acceptors (Lipinski definition) is 6. The summed E-state index contributed by atoms with van der Waals surface area (Å²) in [5.74, 6) is -0.695. The van der Waals surface area contributed by atoms with E-state index in [9.17, 15) is 23.1 Å². The lowest BCUT2D eigenvalue weighted by molar-refractivity contribution is -0.250. The normalized spacial score (nSPS) is 18.8. The third-order valence-corrected chi connectivity index (χ3v) is 4.55. The van der Waals surface area contributed by atoms with Crippen molar-refractivity contribution in [3.8, 4) is 5.95 Å². The summed E-state index contributed by atoms with van der Waals surface area (Å²) in [7, 11) is 0. The fourth-order valence-electron chi connectivity index (χ4n) is 2.97. The molecular weight excluding hydrogens is 355 g/mol. The van der Waals surface area contributed by atoms with Crippen molar-refractivity contribution in [3.63, 3.8) is 0 Å². The number of aliphatic hydroxyl groups is 1. The molecule has 8 nitrogen and oxygen atoms in total. The Hall–Kier alpha value is -2.43. The van der Waals surface area contributed by atoms with Gasteiger partial charge >= 0.3 is 6.18 Å². The van der Waals surface area contributed by atoms with Gasteiger partial charge in [-0.2, -0.15) is 23.3 Å². The Balaban J connectivity index is 1.70. The van der Waals surface area contributed by atoms with E-state index in [4.69, 9.17) is 4.52 Å². The van der Waals surface area contributed by atoms with Crippen molar-refractivity contribution in [2.24, 2.45) is 0 Å². The van der Waals surface area contributed by atoms with E-state index >= 15 is 0 Å². The number of amides is 1. The molecule has 1 fully saturated rings. The first-order chi connectivity index (χ1) is 12.1. The van der Waals surface area contributed by atoms with Crippen LogP contribution < -0.4 is 0 Å². The van der Waals surface area contributed by atoms with E-state index in [0.29, 0.717) is 25.7 Å². The predicted molar refractivity (Wildman–Crippen MR) is 81.4 cm³/mol. The molecule has 0 bridgehead atoms. The number of carbonyl (C=O) groups excluding carboxylic acids is 1. The molecule has 0 spiro atoms. The van der Waals surface area contributed by atoms with Gasteiger partial charge in [0.25, 0.3) is 11.9 Å². The van der Waals surface area contributed by atoms with Gasteiger partial charge in [0.15, 0.2) is 0 Å². The minimum atomic E-state index is -5.02. The maximum absolute atomic E-state index is 12.8. The van der Waals surface area contributed by atoms with Crippen molar-refractivity contribution in [1.82, 2.24) is 24.8 Å². The Kier molecular flexibility index (Phi) is 4.51. The summed E-state index contributed by atoms with van der Waals surface area (Å²) >= 11 is 0. The highest BCUT2D eigenvalue weighted by molar-refractivity contribution is 5.85. The van der Waals surface area contributed by atoms with Crippen LogP contribution in [0, 0.1) is 6.92 Å². The van der Waals surface area contributed by atoms with Crippen LogP contribution in [0.5, 0.6) is 0 Å². The van der Waals surface area contributed by atoms with Crippen molar-refractivity contribution in [2.45, 2.75) is 44.4 Å². The smallest absolute Gasteiger partial charge is 0.373 e. The van der Waals surface area contributed by atoms with Gasteiger partial charge in [0, 0.05) is 32.1 Å². The molecule has 0 aliphatic carbocycles. The molecule has 0 aromatic carbocycles. The summed E-state index contributed by atoms with van der Waals surface area (Å²) < 4.78 is 45.0. The maximum Gasteiger partial charge on any atom is 0.426 e. The van der Waals surface area contributed by atoms with Gasteiger partial charge in [-0.25, -0.2) is 4.68 Å². The molecule has 1 N–H and O–H groups in total. The molecule has 3 heterocycles. The average molecular weight is 373 g/mol. The molecule has 142 valence electrons. The van der Waals surface area contributed by atoms with Gasteiger partial charge in [-0.05, 0) is 31.0 Å². The Morgan fingerprint density at radius 3 is 2.54 bits per heavy atom. The number of piperidine rings is 1. The molecule has 2 aromatic rings. The minimum absolute atomic E-state index is 0.0313. The summed E-state index contributed by atoms with van der Waals surface area (Å²) in [5, 5.41) is 17.5. The second-order valence-corrected chi connectivity index (χ2v) is 6.42. The Bertz CT molecular complexity index is 791. The predicted octanol–water partition coefficient (Wildman–Crippen LogP) is 1.58. The number of carbonyl (C=O) groups is 1. The van der Waals surface area contributed by atoms with E-state index in [1.807, 2.05) is 0 Å². The highest BCUT2D eigenvalue weighted by Gasteiger charge is 2.57. The van der Waals surface area contributed by atoms with Gasteiger partial charge in [-0.15, -0.1) is 0 Å². The minimum Gasteiger partial charge on any atom is -0.373 e. The van der Waals surface area contributed by atoms with Crippen LogP contribution in [-0.4, -0.2) is 60.7 Å². The molecule has 0 saturated carbocycles. The highest BCUT2D eigenvalue weighted by atomic mass is 19.4. The summed E-state index contributed by atoms with van der Waals surface area (Å²) in [5.41, 5.74) is -2.59. The van der Waals surface area contributed by atoms with E-state index < -0.39 is 17.7 Å². The zero-order chi connectivity index (χ0) is 19.1. The lowest BCUT2D eigenvalue weighted by Gasteiger charge is -2.36. The second kappa shape index (κ2) is 6.38. The number of rotatable bonds is 3. The van der Waals surface area contributed by atoms with Gasteiger partial charge in [0.2, 0.25) is 11.5 Å². The lowest BCUT2D eigenvalue weighted by atomic mass is 9.92. The second-order valence-electron chi connectivity index (χ2n) is 6.42. The fourth-order valence-corrected chi connectivity index (χ4v) is 2.97. The van der Waals surface area contributed by atoms with E-state index in [2.05, 4.69) is 15.2 Å². The Morgan fingerprint density at radius 2 is 2.00 bits per heavy atom. The number of halogens is 3. The first-order valence-corrected chi connectivity index (χ1v) is 8.04. The van der Waals surface area contributed by atoms with E-state index in [-0.39, 0.29) is 25.0 Å². The maximum atomic E-state index is 12.8. The van der Waals surface area contributed by atoms with Crippen LogP contribution in [0.1, 0.15) is 37.3 Å². The molecule has 1 atom stereocenters. The fraction of sp³-hybridized carbons (Fsp3) is 0.600. The molecule has 1 unspecified atom stereocenters. The van der Waals surface area contributed by atoms with Crippen molar-refractivity contribution in [2.75, 3.05) is 13.1 Å². The topological polar surface area (TPSA) is 97.3 Å². The number of hydrogen-bond donors (Lipinski definition) is 1. The SMILES string of the molecule is Cc1nc(-n2nccc2C2CCN(C(=O)C(C)(O)C(F)(F)F)CC2)no1. The summed E-state index contributed by atoms with van der Waals surface area (Å²) in [6.45, 7) is 2.34. The molecule has 3 rings (SSSR count). The van der Waals surface area contributed by atoms with Gasteiger partial charge in [0.1, 0.15) is 0 Å². The molecule has 11 heteroatoms. The largest absolute Gasteiger partial charge is 0.426 e. The third-order valence-electron chi connectivity index (χ3n) is 4.55. The molecule has 1 aliphatic rings. The van der Waals surface area contributed by atoms with Gasteiger partial charge in [0.05, 0.1) is 5.69 Å². The molecular formula is C15H18F3N5O3. The number of alkyl halides is 3. The van der Waals surface area contributed by atoms with E-state index in [0.717, 1.165) is 10.6 Å². The van der Waals surface area contributed by atoms with E-state index in [1.165, 1.54) is 4.68 Å². The number of nitrogens with zero attached hydrogens (tertiary/aromatic N) is 5. The highest BCUT2D eigenvalue weighted by Crippen LogP contribution is 2.34. The van der Waals surface area contributed by atoms with Crippen LogP contribution in [0.4, 0.5) is 13.2 Å². The van der Waals surface area contributed by atoms with Crippen LogP contribution in [0.25, 0.3) is 5.95 Å². The summed E-state index contributed by atoms with van der Waals surface area (Å²) in [6, 6.07) is 1.78. The number of likely N-dealkylation sites (tertiary alicyclic amines) is 1. The first kappa shape index (κ1) is 18.4. The van der Waals surface area contributed by atoms with Gasteiger partial charge in [-0.3, -0.25) is 4.79 Å². The molecule has 26 heavy (non-hydrogen) atoms. The quantitative estimate of drug-likeness (QED) is 0.877. The zero-order valence-electron chi connectivity index (χ0n) is 14.2. The zero-order valence-corrected chi connectivity index (χ0v) is 14.2. The average Bonchev–Trinajstić information content (AvgIpc) is 3.21. The molecule has 1 amide bonds. The van der Waals surface area contributed by atoms with Crippen molar-refractivity contribution in [3.05, 3.63) is 23.8 Å². The summed E-state index contributed by atoms with van der Waals surface area (Å²) in [4.78, 5) is 17.2. The number of aromatic nitrogens is 4. The molecule has 0 radical (unpaired) electrons. The van der Waals surface area contributed by atoms with Crippen LogP contribution >= 0.6 is 0 Å². The van der Waals surface area contributed by atoms with Crippen LogP contribution in [0.15, 0.2) is 16.8 Å². The molecule has 1 aliphatic heterocycles. The van der Waals surface area contributed by atoms with Crippen LogP contribution in [0.3, 0.4) is 0 Å². The number of aryl methyl sites for hydroxylation is 1. The third kappa shape index (κ3) is 3.18. The van der Waals surface area contributed by atoms with Gasteiger partial charge in [-0.1, -0.05) is 0 Å². The first-order valence-electron chi connectivity index (χ1n) is 8.04. The molecule has 1 saturated heterocycles. The van der Waals surface area contributed by atoms with Crippen LogP contribution in [0.2, 0.25) is 0 Å². The Morgan fingerprint density at radius 1 is 1.35 bits per heavy atom. The van der Waals surface area contributed by atoms with Crippen molar-refractivity contribution < 1.29 is 27.6 Å². The Labute approximate surface area is 146 Å². The monoisotopic (exact) mass is 373 g/mol. The van der Waals surface area contributed by atoms with Crippen molar-refractivity contribution >= 4 is 5.91 Å². The van der Waals surface area contributed by atoms with Crippen molar-refractivity contribution in [1.29, 1.82) is 0 Å². The van der Waals surface area contributed by atoms with E-state index in [1.54, 1.807) is 19.2 Å². The van der Waals surface area contributed by atoms with Crippen LogP contribution in [-0.2, 0) is 4.79 Å².